The van der Waals surface area contributed by atoms with Gasteiger partial charge in [-0.3, -0.25) is 0 Å². The summed E-state index contributed by atoms with van der Waals surface area (Å²) in [6, 6.07) is 119. The van der Waals surface area contributed by atoms with Crippen LogP contribution in [0.2, 0.25) is 0 Å². The van der Waals surface area contributed by atoms with E-state index in [4.69, 9.17) is 0 Å². The van der Waals surface area contributed by atoms with Crippen molar-refractivity contribution in [3.8, 4) is 89.8 Å². The van der Waals surface area contributed by atoms with Gasteiger partial charge >= 0.3 is 0 Å². The van der Waals surface area contributed by atoms with Gasteiger partial charge in [0.15, 0.2) is 0 Å². The fourth-order valence-electron chi connectivity index (χ4n) is 13.9. The number of nitrogens with zero attached hydrogens (tertiary/aromatic N) is 2. The van der Waals surface area contributed by atoms with Crippen molar-refractivity contribution in [2.24, 2.45) is 0 Å². The Labute approximate surface area is 532 Å². The topological polar surface area (TPSA) is 9.86 Å². The fraction of sp³-hybridized carbons (Fsp3) is 0.0337. The van der Waals surface area contributed by atoms with Crippen LogP contribution in [0, 0.1) is 0 Å². The highest BCUT2D eigenvalue weighted by Crippen LogP contribution is 2.48. The van der Waals surface area contributed by atoms with E-state index in [0.717, 1.165) is 12.1 Å². The van der Waals surface area contributed by atoms with Crippen molar-refractivity contribution >= 4 is 66.0 Å². The fourth-order valence-corrected chi connectivity index (χ4v) is 13.9. The Morgan fingerprint density at radius 2 is 0.637 bits per heavy atom. The third kappa shape index (κ3) is 10.2. The van der Waals surface area contributed by atoms with Crippen molar-refractivity contribution in [3.63, 3.8) is 0 Å². The summed E-state index contributed by atoms with van der Waals surface area (Å²) in [4.78, 5) is 0. The second-order valence-electron chi connectivity index (χ2n) is 22.9. The smallest absolute Gasteiger partial charge is 0.0541 e. The highest BCUT2D eigenvalue weighted by Gasteiger charge is 2.23. The van der Waals surface area contributed by atoms with Gasteiger partial charge in [0.1, 0.15) is 0 Å². The minimum Gasteiger partial charge on any atom is -0.309 e. The standard InChI is InChI=1S/C50H33N.C37H27N.C2H6/c1-3-17-35(18-4-1)46-32-33-48(51(46)47-29-15-21-34-16-7-8-22-37(34)47)40-30-31-45(39-24-10-9-23-38(39)40)50-43-27-13-11-25-41(43)49(36-19-5-2-6-20-36)42-26-12-14-28-44(42)50;1-5-14-28(15-6-1)36-25-26-37(38(36)29-17-7-3-8-18-29)35-24-23-34(32-20-10-11-21-33(32)35)31-22-12-16-27-13-4-2-9-19-30(27)31;1-2/h1-33H;1,3-26H,2H2;1-2H3. The van der Waals surface area contributed by atoms with Crippen LogP contribution < -0.4 is 0 Å². The van der Waals surface area contributed by atoms with E-state index < -0.39 is 0 Å². The molecule has 0 saturated carbocycles. The molecule has 1 aliphatic carbocycles. The van der Waals surface area contributed by atoms with Crippen molar-refractivity contribution in [2.45, 2.75) is 20.3 Å². The average molecular weight is 1160 g/mol. The molecule has 2 heteroatoms. The number of aromatic nitrogens is 2. The molecule has 0 aliphatic heterocycles. The molecule has 2 nitrogen and oxygen atoms in total. The van der Waals surface area contributed by atoms with Crippen LogP contribution in [0.25, 0.3) is 156 Å². The first-order valence-electron chi connectivity index (χ1n) is 31.8. The third-order valence-corrected chi connectivity index (χ3v) is 17.9. The zero-order valence-corrected chi connectivity index (χ0v) is 51.1. The molecule has 0 bridgehead atoms. The molecule has 16 aromatic rings. The molecule has 91 heavy (non-hydrogen) atoms. The number of hydrogen-bond donors (Lipinski definition) is 0. The van der Waals surface area contributed by atoms with Crippen molar-refractivity contribution < 1.29 is 0 Å². The Morgan fingerprint density at radius 1 is 0.242 bits per heavy atom. The van der Waals surface area contributed by atoms with Gasteiger partial charge in [-0.1, -0.05) is 323 Å². The Kier molecular flexibility index (Phi) is 15.3. The zero-order valence-electron chi connectivity index (χ0n) is 51.1. The number of allylic oxidation sites excluding steroid dienone is 2. The first kappa shape index (κ1) is 56.0. The van der Waals surface area contributed by atoms with Crippen LogP contribution in [-0.4, -0.2) is 9.13 Å². The Morgan fingerprint density at radius 3 is 1.22 bits per heavy atom. The lowest BCUT2D eigenvalue weighted by atomic mass is 9.84. The predicted octanol–water partition coefficient (Wildman–Crippen LogP) is 24.8. The van der Waals surface area contributed by atoms with Crippen LogP contribution in [0.3, 0.4) is 0 Å². The van der Waals surface area contributed by atoms with Crippen molar-refractivity contribution in [1.29, 1.82) is 0 Å². The summed E-state index contributed by atoms with van der Waals surface area (Å²) < 4.78 is 4.84. The summed E-state index contributed by atoms with van der Waals surface area (Å²) in [6.07, 6.45) is 9.97. The molecule has 0 spiro atoms. The quantitative estimate of drug-likeness (QED) is 0.128. The van der Waals surface area contributed by atoms with E-state index in [1.54, 1.807) is 0 Å². The summed E-state index contributed by atoms with van der Waals surface area (Å²) in [5.41, 5.74) is 22.0. The maximum Gasteiger partial charge on any atom is 0.0541 e. The Hall–Kier alpha value is -11.6. The van der Waals surface area contributed by atoms with Crippen LogP contribution in [0.5, 0.6) is 0 Å². The average Bonchev–Trinajstić information content (AvgIpc) is 1.58. The summed E-state index contributed by atoms with van der Waals surface area (Å²) >= 11 is 0. The number of hydrogen-bond acceptors (Lipinski definition) is 0. The van der Waals surface area contributed by atoms with Crippen LogP contribution >= 0.6 is 0 Å². The molecule has 0 amide bonds. The Bertz CT molecular complexity index is 5310. The van der Waals surface area contributed by atoms with Crippen molar-refractivity contribution in [2.75, 3.05) is 0 Å². The number of para-hydroxylation sites is 1. The third-order valence-electron chi connectivity index (χ3n) is 17.9. The highest BCUT2D eigenvalue weighted by molar-refractivity contribution is 6.24. The van der Waals surface area contributed by atoms with Gasteiger partial charge < -0.3 is 9.13 Å². The molecule has 0 atom stereocenters. The summed E-state index contributed by atoms with van der Waals surface area (Å²) in [5.74, 6) is 0. The molecule has 0 fully saturated rings. The van der Waals surface area contributed by atoms with Gasteiger partial charge in [-0.25, -0.2) is 0 Å². The number of fused-ring (bicyclic) bond motifs is 6. The van der Waals surface area contributed by atoms with Crippen LogP contribution in [0.1, 0.15) is 31.4 Å². The summed E-state index contributed by atoms with van der Waals surface area (Å²) in [6.45, 7) is 4.00. The van der Waals surface area contributed by atoms with E-state index >= 15 is 0 Å². The normalized spacial score (nSPS) is 11.7. The van der Waals surface area contributed by atoms with Crippen LogP contribution in [0.15, 0.2) is 340 Å². The van der Waals surface area contributed by atoms with Crippen molar-refractivity contribution in [3.05, 3.63) is 351 Å². The Balaban J connectivity index is 0.000000154. The lowest BCUT2D eigenvalue weighted by molar-refractivity contribution is 1.10. The molecule has 0 N–H and O–H groups in total. The van der Waals surface area contributed by atoms with E-state index in [0.29, 0.717) is 0 Å². The largest absolute Gasteiger partial charge is 0.309 e. The molecule has 17 rings (SSSR count). The van der Waals surface area contributed by atoms with E-state index in [1.807, 2.05) is 13.8 Å². The summed E-state index contributed by atoms with van der Waals surface area (Å²) in [7, 11) is 0. The first-order valence-corrected chi connectivity index (χ1v) is 31.8. The van der Waals surface area contributed by atoms with Crippen LogP contribution in [0.4, 0.5) is 0 Å². The SMILES string of the molecule is C1=Cc2cccc(-c3ccc(-c4ccc(-c5ccccc5)n4-c4ccccc4)c4ccccc34)c2C=CC1.CC.c1ccc(-c2c3ccccc3c(-c3ccc(-c4ccc(-c5ccccc5)n4-c4cccc5ccccc45)c4ccccc34)c3ccccc23)cc1. The van der Waals surface area contributed by atoms with E-state index in [2.05, 4.69) is 361 Å². The molecule has 0 radical (unpaired) electrons. The predicted molar refractivity (Wildman–Crippen MR) is 391 cm³/mol. The second kappa shape index (κ2) is 24.9. The van der Waals surface area contributed by atoms with E-state index in [1.165, 1.54) is 149 Å². The van der Waals surface area contributed by atoms with E-state index in [9.17, 15) is 0 Å². The number of rotatable bonds is 9. The van der Waals surface area contributed by atoms with Gasteiger partial charge in [-0.15, -0.1) is 0 Å². The van der Waals surface area contributed by atoms with Crippen LogP contribution in [-0.2, 0) is 0 Å². The van der Waals surface area contributed by atoms with Gasteiger partial charge in [0.2, 0.25) is 0 Å². The number of benzene rings is 14. The van der Waals surface area contributed by atoms with Gasteiger partial charge in [-0.05, 0) is 153 Å². The summed E-state index contributed by atoms with van der Waals surface area (Å²) in [5, 5.41) is 12.5. The molecular formula is C89H66N2. The molecule has 0 unspecified atom stereocenters. The maximum atomic E-state index is 2.46. The maximum absolute atomic E-state index is 2.46. The highest BCUT2D eigenvalue weighted by atomic mass is 15.0. The minimum atomic E-state index is 0.966. The van der Waals surface area contributed by atoms with Crippen molar-refractivity contribution in [1.82, 2.24) is 9.13 Å². The second-order valence-corrected chi connectivity index (χ2v) is 22.9. The molecule has 1 aliphatic rings. The van der Waals surface area contributed by atoms with Gasteiger partial charge in [0, 0.05) is 22.2 Å². The van der Waals surface area contributed by atoms with Gasteiger partial charge in [-0.2, -0.15) is 0 Å². The molecular weight excluding hydrogens is 1100 g/mol. The lowest BCUT2D eigenvalue weighted by Crippen LogP contribution is -2.01. The first-order chi connectivity index (χ1) is 45.2. The van der Waals surface area contributed by atoms with Gasteiger partial charge in [0.25, 0.3) is 0 Å². The lowest BCUT2D eigenvalue weighted by Gasteiger charge is -2.21. The minimum absolute atomic E-state index is 0.966. The zero-order chi connectivity index (χ0) is 61.0. The molecule has 432 valence electrons. The molecule has 2 aromatic heterocycles. The monoisotopic (exact) mass is 1160 g/mol. The van der Waals surface area contributed by atoms with Gasteiger partial charge in [0.05, 0.1) is 28.5 Å². The van der Waals surface area contributed by atoms with E-state index in [-0.39, 0.29) is 0 Å². The molecule has 2 heterocycles. The molecule has 0 saturated heterocycles. The molecule has 14 aromatic carbocycles.